The van der Waals surface area contributed by atoms with Gasteiger partial charge in [-0.1, -0.05) is 19.1 Å². The fraction of sp³-hybridized carbons (Fsp3) is 0.571. The quantitative estimate of drug-likeness (QED) is 0.704. The van der Waals surface area contributed by atoms with Crippen LogP contribution in [-0.2, 0) is 5.88 Å². The van der Waals surface area contributed by atoms with Crippen molar-refractivity contribution in [3.05, 3.63) is 29.3 Å². The third-order valence-corrected chi connectivity index (χ3v) is 3.85. The lowest BCUT2D eigenvalue weighted by Gasteiger charge is -2.33. The van der Waals surface area contributed by atoms with Crippen molar-refractivity contribution in [1.82, 2.24) is 0 Å². The minimum Gasteiger partial charge on any atom is -0.371 e. The van der Waals surface area contributed by atoms with Crippen molar-refractivity contribution >= 4 is 17.3 Å². The van der Waals surface area contributed by atoms with Crippen LogP contribution in [-0.4, -0.2) is 13.1 Å². The Bertz CT molecular complexity index is 354. The standard InChI is InChI=1S/C14H20ClN/c1-11-5-7-16(8-6-11)14-4-3-13(10-15)9-12(14)2/h3-4,9,11H,5-8,10H2,1-2H3. The molecule has 1 fully saturated rings. The summed E-state index contributed by atoms with van der Waals surface area (Å²) in [5.74, 6) is 1.50. The predicted octanol–water partition coefficient (Wildman–Crippen LogP) is 3.97. The Morgan fingerprint density at radius 1 is 1.31 bits per heavy atom. The monoisotopic (exact) mass is 237 g/mol. The molecular formula is C14H20ClN. The summed E-state index contributed by atoms with van der Waals surface area (Å²) in [6.45, 7) is 6.93. The van der Waals surface area contributed by atoms with Crippen molar-refractivity contribution in [3.8, 4) is 0 Å². The van der Waals surface area contributed by atoms with Gasteiger partial charge < -0.3 is 4.90 Å². The van der Waals surface area contributed by atoms with Crippen molar-refractivity contribution < 1.29 is 0 Å². The highest BCUT2D eigenvalue weighted by Crippen LogP contribution is 2.26. The predicted molar refractivity (Wildman–Crippen MR) is 71.3 cm³/mol. The first-order valence-electron chi connectivity index (χ1n) is 6.11. The Morgan fingerprint density at radius 3 is 2.56 bits per heavy atom. The van der Waals surface area contributed by atoms with E-state index in [1.54, 1.807) is 0 Å². The van der Waals surface area contributed by atoms with E-state index in [1.807, 2.05) is 0 Å². The zero-order valence-electron chi connectivity index (χ0n) is 10.2. The summed E-state index contributed by atoms with van der Waals surface area (Å²) in [4.78, 5) is 2.51. The number of rotatable bonds is 2. The van der Waals surface area contributed by atoms with Crippen molar-refractivity contribution in [3.63, 3.8) is 0 Å². The van der Waals surface area contributed by atoms with Crippen molar-refractivity contribution in [2.24, 2.45) is 5.92 Å². The molecular weight excluding hydrogens is 218 g/mol. The largest absolute Gasteiger partial charge is 0.371 e. The first kappa shape index (κ1) is 11.8. The van der Waals surface area contributed by atoms with Crippen LogP contribution < -0.4 is 4.90 Å². The Morgan fingerprint density at radius 2 is 2.00 bits per heavy atom. The summed E-state index contributed by atoms with van der Waals surface area (Å²) < 4.78 is 0. The number of piperidine rings is 1. The molecule has 0 saturated carbocycles. The van der Waals surface area contributed by atoms with E-state index in [2.05, 4.69) is 36.9 Å². The lowest BCUT2D eigenvalue weighted by atomic mass is 9.98. The number of hydrogen-bond donors (Lipinski definition) is 0. The molecule has 1 aromatic rings. The molecule has 88 valence electrons. The van der Waals surface area contributed by atoms with Gasteiger partial charge in [-0.15, -0.1) is 11.6 Å². The van der Waals surface area contributed by atoms with E-state index in [0.29, 0.717) is 5.88 Å². The van der Waals surface area contributed by atoms with Gasteiger partial charge in [0.05, 0.1) is 0 Å². The number of halogens is 1. The van der Waals surface area contributed by atoms with E-state index in [9.17, 15) is 0 Å². The zero-order valence-corrected chi connectivity index (χ0v) is 10.9. The minimum atomic E-state index is 0.609. The van der Waals surface area contributed by atoms with Crippen molar-refractivity contribution in [1.29, 1.82) is 0 Å². The van der Waals surface area contributed by atoms with E-state index in [1.165, 1.54) is 42.7 Å². The maximum absolute atomic E-state index is 5.84. The summed E-state index contributed by atoms with van der Waals surface area (Å²) in [6, 6.07) is 6.58. The summed E-state index contributed by atoms with van der Waals surface area (Å²) in [7, 11) is 0. The first-order valence-corrected chi connectivity index (χ1v) is 6.64. The summed E-state index contributed by atoms with van der Waals surface area (Å²) in [5, 5.41) is 0. The Labute approximate surface area is 103 Å². The molecule has 2 rings (SSSR count). The molecule has 0 unspecified atom stereocenters. The maximum Gasteiger partial charge on any atom is 0.0474 e. The molecule has 1 aliphatic rings. The molecule has 1 aliphatic heterocycles. The molecule has 0 atom stereocenters. The van der Waals surface area contributed by atoms with Gasteiger partial charge in [0.25, 0.3) is 0 Å². The molecule has 0 bridgehead atoms. The third kappa shape index (κ3) is 2.52. The number of benzene rings is 1. The van der Waals surface area contributed by atoms with E-state index in [4.69, 9.17) is 11.6 Å². The van der Waals surface area contributed by atoms with Gasteiger partial charge in [0.15, 0.2) is 0 Å². The van der Waals surface area contributed by atoms with E-state index in [0.717, 1.165) is 5.92 Å². The molecule has 2 heteroatoms. The van der Waals surface area contributed by atoms with Crippen LogP contribution in [0.15, 0.2) is 18.2 Å². The molecule has 1 aromatic carbocycles. The smallest absolute Gasteiger partial charge is 0.0474 e. The highest BCUT2D eigenvalue weighted by molar-refractivity contribution is 6.17. The normalized spacial score (nSPS) is 17.8. The average molecular weight is 238 g/mol. The van der Waals surface area contributed by atoms with Crippen LogP contribution in [0.25, 0.3) is 0 Å². The zero-order chi connectivity index (χ0) is 11.5. The molecule has 0 aromatic heterocycles. The Balaban J connectivity index is 2.14. The molecule has 0 amide bonds. The third-order valence-electron chi connectivity index (χ3n) is 3.54. The molecule has 0 radical (unpaired) electrons. The highest BCUT2D eigenvalue weighted by atomic mass is 35.5. The van der Waals surface area contributed by atoms with Gasteiger partial charge in [-0.2, -0.15) is 0 Å². The molecule has 1 nitrogen and oxygen atoms in total. The lowest BCUT2D eigenvalue weighted by Crippen LogP contribution is -2.33. The first-order chi connectivity index (χ1) is 7.70. The molecule has 16 heavy (non-hydrogen) atoms. The molecule has 0 N–H and O–H groups in total. The van der Waals surface area contributed by atoms with E-state index >= 15 is 0 Å². The van der Waals surface area contributed by atoms with Crippen molar-refractivity contribution in [2.45, 2.75) is 32.6 Å². The number of aryl methyl sites for hydroxylation is 1. The Kier molecular flexibility index (Phi) is 3.75. The minimum absolute atomic E-state index is 0.609. The summed E-state index contributed by atoms with van der Waals surface area (Å²) >= 11 is 5.84. The number of alkyl halides is 1. The second kappa shape index (κ2) is 5.09. The van der Waals surface area contributed by atoms with Crippen LogP contribution in [0.4, 0.5) is 5.69 Å². The van der Waals surface area contributed by atoms with Gasteiger partial charge in [0.2, 0.25) is 0 Å². The second-order valence-corrected chi connectivity index (χ2v) is 5.19. The molecule has 0 aliphatic carbocycles. The highest BCUT2D eigenvalue weighted by Gasteiger charge is 2.17. The number of anilines is 1. The number of hydrogen-bond acceptors (Lipinski definition) is 1. The number of nitrogens with zero attached hydrogens (tertiary/aromatic N) is 1. The van der Waals surface area contributed by atoms with Crippen molar-refractivity contribution in [2.75, 3.05) is 18.0 Å². The lowest BCUT2D eigenvalue weighted by molar-refractivity contribution is 0.438. The second-order valence-electron chi connectivity index (χ2n) is 4.92. The van der Waals surface area contributed by atoms with Gasteiger partial charge in [0.1, 0.15) is 0 Å². The van der Waals surface area contributed by atoms with Gasteiger partial charge in [-0.05, 0) is 42.9 Å². The average Bonchev–Trinajstić information content (AvgIpc) is 2.30. The maximum atomic E-state index is 5.84. The molecule has 1 saturated heterocycles. The van der Waals surface area contributed by atoms with Crippen LogP contribution >= 0.6 is 11.6 Å². The molecule has 0 spiro atoms. The fourth-order valence-electron chi connectivity index (χ4n) is 2.40. The molecule has 1 heterocycles. The van der Waals surface area contributed by atoms with Crippen LogP contribution in [0, 0.1) is 12.8 Å². The van der Waals surface area contributed by atoms with Crippen LogP contribution in [0.3, 0.4) is 0 Å². The van der Waals surface area contributed by atoms with Gasteiger partial charge >= 0.3 is 0 Å². The summed E-state index contributed by atoms with van der Waals surface area (Å²) in [6.07, 6.45) is 2.63. The van der Waals surface area contributed by atoms with Crippen LogP contribution in [0.2, 0.25) is 0 Å². The summed E-state index contributed by atoms with van der Waals surface area (Å²) in [5.41, 5.74) is 3.96. The van der Waals surface area contributed by atoms with E-state index in [-0.39, 0.29) is 0 Å². The van der Waals surface area contributed by atoms with Gasteiger partial charge in [-0.25, -0.2) is 0 Å². The van der Waals surface area contributed by atoms with E-state index < -0.39 is 0 Å². The van der Waals surface area contributed by atoms with Gasteiger partial charge in [-0.3, -0.25) is 0 Å². The van der Waals surface area contributed by atoms with Gasteiger partial charge in [0, 0.05) is 24.7 Å². The van der Waals surface area contributed by atoms with Crippen LogP contribution in [0.1, 0.15) is 30.9 Å². The Hall–Kier alpha value is -0.690. The topological polar surface area (TPSA) is 3.24 Å². The SMILES string of the molecule is Cc1cc(CCl)ccc1N1CCC(C)CC1. The fourth-order valence-corrected chi connectivity index (χ4v) is 2.57. The van der Waals surface area contributed by atoms with Crippen LogP contribution in [0.5, 0.6) is 0 Å².